The minimum absolute atomic E-state index is 0.0345. The van der Waals surface area contributed by atoms with Crippen LogP contribution < -0.4 is 0 Å². The number of methoxy groups -OCH3 is 1. The molecule has 0 saturated carbocycles. The summed E-state index contributed by atoms with van der Waals surface area (Å²) in [6, 6.07) is -0.880. The van der Waals surface area contributed by atoms with E-state index >= 15 is 0 Å². The maximum Gasteiger partial charge on any atom is 0.326 e. The summed E-state index contributed by atoms with van der Waals surface area (Å²) >= 11 is 5.47. The third-order valence-electron chi connectivity index (χ3n) is 2.45. The van der Waals surface area contributed by atoms with Crippen LogP contribution in [0.4, 0.5) is 0 Å². The van der Waals surface area contributed by atoms with Gasteiger partial charge in [0, 0.05) is 12.4 Å². The number of carbonyl (C=O) groups excluding carboxylic acids is 1. The van der Waals surface area contributed by atoms with Crippen molar-refractivity contribution in [3.05, 3.63) is 0 Å². The van der Waals surface area contributed by atoms with Crippen molar-refractivity contribution < 1.29 is 22.7 Å². The van der Waals surface area contributed by atoms with Gasteiger partial charge < -0.3 is 9.47 Å². The standard InChI is InChI=1S/C9H16ClNO5S/c1-15-9(12)8-7-16-5-4-11(8)17(13,14)6-2-3-10/h8H,2-7H2,1H3. The van der Waals surface area contributed by atoms with Crippen molar-refractivity contribution >= 4 is 27.6 Å². The summed E-state index contributed by atoms with van der Waals surface area (Å²) < 4.78 is 34.8. The number of hydrogen-bond donors (Lipinski definition) is 0. The van der Waals surface area contributed by atoms with Crippen LogP contribution >= 0.6 is 11.6 Å². The summed E-state index contributed by atoms with van der Waals surface area (Å²) in [7, 11) is -2.26. The van der Waals surface area contributed by atoms with Crippen LogP contribution in [-0.2, 0) is 24.3 Å². The fourth-order valence-electron chi connectivity index (χ4n) is 1.60. The normalized spacial score (nSPS) is 22.4. The predicted molar refractivity (Wildman–Crippen MR) is 62.5 cm³/mol. The van der Waals surface area contributed by atoms with Crippen LogP contribution in [0, 0.1) is 0 Å². The molecule has 0 aromatic carbocycles. The molecule has 0 radical (unpaired) electrons. The zero-order valence-electron chi connectivity index (χ0n) is 9.59. The molecule has 8 heteroatoms. The molecule has 17 heavy (non-hydrogen) atoms. The minimum Gasteiger partial charge on any atom is -0.468 e. The second kappa shape index (κ2) is 6.53. The molecule has 6 nitrogen and oxygen atoms in total. The minimum atomic E-state index is -3.48. The average molecular weight is 286 g/mol. The van der Waals surface area contributed by atoms with Gasteiger partial charge in [0.2, 0.25) is 10.0 Å². The Balaban J connectivity index is 2.80. The van der Waals surface area contributed by atoms with E-state index in [1.807, 2.05) is 0 Å². The van der Waals surface area contributed by atoms with Gasteiger partial charge in [-0.1, -0.05) is 0 Å². The molecule has 0 bridgehead atoms. The van der Waals surface area contributed by atoms with Crippen molar-refractivity contribution in [1.29, 1.82) is 0 Å². The third-order valence-corrected chi connectivity index (χ3v) is 4.67. The molecule has 1 fully saturated rings. The van der Waals surface area contributed by atoms with E-state index in [9.17, 15) is 13.2 Å². The highest BCUT2D eigenvalue weighted by Crippen LogP contribution is 2.15. The van der Waals surface area contributed by atoms with Gasteiger partial charge in [-0.15, -0.1) is 11.6 Å². The molecule has 0 spiro atoms. The Hall–Kier alpha value is -0.370. The molecule has 1 unspecified atom stereocenters. The number of nitrogens with zero attached hydrogens (tertiary/aromatic N) is 1. The molecular weight excluding hydrogens is 270 g/mol. The molecule has 1 aliphatic heterocycles. The number of alkyl halides is 1. The SMILES string of the molecule is COC(=O)C1COCCN1S(=O)(=O)CCCCl. The van der Waals surface area contributed by atoms with E-state index in [1.165, 1.54) is 7.11 Å². The Labute approximate surface area is 106 Å². The first-order valence-corrected chi connectivity index (χ1v) is 7.38. The quantitative estimate of drug-likeness (QED) is 0.517. The predicted octanol–water partition coefficient (Wildman–Crippen LogP) is -0.181. The van der Waals surface area contributed by atoms with Gasteiger partial charge in [0.05, 0.1) is 26.1 Å². The number of halogens is 1. The van der Waals surface area contributed by atoms with E-state index in [0.29, 0.717) is 6.42 Å². The van der Waals surface area contributed by atoms with Crippen molar-refractivity contribution in [2.45, 2.75) is 12.5 Å². The summed E-state index contributed by atoms with van der Waals surface area (Å²) in [5, 5.41) is 0. The molecule has 1 aliphatic rings. The van der Waals surface area contributed by atoms with Crippen molar-refractivity contribution in [3.8, 4) is 0 Å². The Morgan fingerprint density at radius 2 is 2.29 bits per heavy atom. The van der Waals surface area contributed by atoms with Crippen LogP contribution in [-0.4, -0.2) is 63.2 Å². The lowest BCUT2D eigenvalue weighted by molar-refractivity contribution is -0.149. The first kappa shape index (κ1) is 14.7. The van der Waals surface area contributed by atoms with Crippen molar-refractivity contribution in [3.63, 3.8) is 0 Å². The highest BCUT2D eigenvalue weighted by molar-refractivity contribution is 7.89. The molecule has 0 N–H and O–H groups in total. The second-order valence-electron chi connectivity index (χ2n) is 3.58. The number of morpholine rings is 1. The van der Waals surface area contributed by atoms with Crippen molar-refractivity contribution in [2.24, 2.45) is 0 Å². The fraction of sp³-hybridized carbons (Fsp3) is 0.889. The first-order valence-electron chi connectivity index (χ1n) is 5.24. The molecule has 0 amide bonds. The molecule has 1 rings (SSSR count). The van der Waals surface area contributed by atoms with Gasteiger partial charge in [-0.05, 0) is 6.42 Å². The first-order chi connectivity index (χ1) is 8.03. The number of esters is 1. The number of hydrogen-bond acceptors (Lipinski definition) is 5. The van der Waals surface area contributed by atoms with Crippen LogP contribution in [0.3, 0.4) is 0 Å². The van der Waals surface area contributed by atoms with E-state index < -0.39 is 22.0 Å². The zero-order valence-corrected chi connectivity index (χ0v) is 11.2. The highest BCUT2D eigenvalue weighted by atomic mass is 35.5. The molecule has 0 aromatic heterocycles. The lowest BCUT2D eigenvalue weighted by atomic mass is 10.3. The monoisotopic (exact) mass is 285 g/mol. The van der Waals surface area contributed by atoms with Crippen LogP contribution in [0.1, 0.15) is 6.42 Å². The smallest absolute Gasteiger partial charge is 0.326 e. The largest absolute Gasteiger partial charge is 0.468 e. The Morgan fingerprint density at radius 3 is 2.88 bits per heavy atom. The van der Waals surface area contributed by atoms with E-state index in [4.69, 9.17) is 16.3 Å². The molecule has 1 saturated heterocycles. The fourth-order valence-corrected chi connectivity index (χ4v) is 3.52. The summed E-state index contributed by atoms with van der Waals surface area (Å²) in [6.07, 6.45) is 0.356. The molecule has 1 heterocycles. The van der Waals surface area contributed by atoms with Gasteiger partial charge in [-0.25, -0.2) is 8.42 Å². The van der Waals surface area contributed by atoms with Gasteiger partial charge in [0.15, 0.2) is 0 Å². The maximum atomic E-state index is 12.0. The van der Waals surface area contributed by atoms with Crippen LogP contribution in [0.5, 0.6) is 0 Å². The lowest BCUT2D eigenvalue weighted by Gasteiger charge is -2.32. The van der Waals surface area contributed by atoms with E-state index in [0.717, 1.165) is 4.31 Å². The van der Waals surface area contributed by atoms with Crippen LogP contribution in [0.2, 0.25) is 0 Å². The van der Waals surface area contributed by atoms with Crippen LogP contribution in [0.15, 0.2) is 0 Å². The summed E-state index contributed by atoms with van der Waals surface area (Å²) in [5.74, 6) is -0.393. The summed E-state index contributed by atoms with van der Waals surface area (Å²) in [5.41, 5.74) is 0. The molecule has 1 atom stereocenters. The second-order valence-corrected chi connectivity index (χ2v) is 6.00. The maximum absolute atomic E-state index is 12.0. The summed E-state index contributed by atoms with van der Waals surface area (Å²) in [4.78, 5) is 11.5. The van der Waals surface area contributed by atoms with Gasteiger partial charge in [0.1, 0.15) is 6.04 Å². The number of carbonyl (C=O) groups is 1. The number of rotatable bonds is 5. The van der Waals surface area contributed by atoms with Gasteiger partial charge in [-0.3, -0.25) is 4.79 Å². The van der Waals surface area contributed by atoms with Crippen LogP contribution in [0.25, 0.3) is 0 Å². The molecule has 0 aromatic rings. The molecular formula is C9H16ClNO5S. The Bertz CT molecular complexity index is 358. The molecule has 100 valence electrons. The zero-order chi connectivity index (χ0) is 12.9. The van der Waals surface area contributed by atoms with E-state index in [1.54, 1.807) is 0 Å². The average Bonchev–Trinajstić information content (AvgIpc) is 2.35. The third kappa shape index (κ3) is 3.80. The van der Waals surface area contributed by atoms with Crippen molar-refractivity contribution in [2.75, 3.05) is 38.5 Å². The van der Waals surface area contributed by atoms with Crippen molar-refractivity contribution in [1.82, 2.24) is 4.31 Å². The van der Waals surface area contributed by atoms with Gasteiger partial charge in [-0.2, -0.15) is 4.31 Å². The Morgan fingerprint density at radius 1 is 1.59 bits per heavy atom. The highest BCUT2D eigenvalue weighted by Gasteiger charge is 2.37. The molecule has 0 aliphatic carbocycles. The van der Waals surface area contributed by atoms with E-state index in [2.05, 4.69) is 4.74 Å². The topological polar surface area (TPSA) is 72.9 Å². The van der Waals surface area contributed by atoms with Gasteiger partial charge in [0.25, 0.3) is 0 Å². The summed E-state index contributed by atoms with van der Waals surface area (Å²) in [6.45, 7) is 0.491. The number of sulfonamides is 1. The number of ether oxygens (including phenoxy) is 2. The lowest BCUT2D eigenvalue weighted by Crippen LogP contribution is -2.53. The van der Waals surface area contributed by atoms with Gasteiger partial charge >= 0.3 is 5.97 Å². The Kier molecular flexibility index (Phi) is 5.64. The van der Waals surface area contributed by atoms with E-state index in [-0.39, 0.29) is 31.4 Å².